The van der Waals surface area contributed by atoms with Gasteiger partial charge in [0.1, 0.15) is 11.3 Å². The van der Waals surface area contributed by atoms with Crippen molar-refractivity contribution in [2.24, 2.45) is 0 Å². The predicted molar refractivity (Wildman–Crippen MR) is 122 cm³/mol. The van der Waals surface area contributed by atoms with Crippen LogP contribution in [0.15, 0.2) is 43.7 Å². The van der Waals surface area contributed by atoms with Crippen LogP contribution >= 0.6 is 31.9 Å². The lowest BCUT2D eigenvalue weighted by Crippen LogP contribution is -2.07. The number of carbonyl (C=O) groups is 2. The number of phenols is 1. The smallest absolute Gasteiger partial charge is 0.311 e. The lowest BCUT2D eigenvalue weighted by atomic mass is 9.98. The fraction of sp³-hybridized carbons (Fsp3) is 0.304. The average molecular weight is 538 g/mol. The molecular weight excluding hydrogens is 516 g/mol. The summed E-state index contributed by atoms with van der Waals surface area (Å²) in [5, 5.41) is 10.9. The van der Waals surface area contributed by atoms with Gasteiger partial charge in [0.15, 0.2) is 17.3 Å². The molecule has 0 saturated heterocycles. The number of rotatable bonds is 8. The first kappa shape index (κ1) is 22.6. The van der Waals surface area contributed by atoms with Gasteiger partial charge in [0.05, 0.1) is 5.56 Å². The van der Waals surface area contributed by atoms with Gasteiger partial charge < -0.3 is 14.3 Å². The fourth-order valence-corrected chi connectivity index (χ4v) is 4.52. The van der Waals surface area contributed by atoms with Crippen LogP contribution in [0.1, 0.15) is 61.2 Å². The lowest BCUT2D eigenvalue weighted by molar-refractivity contribution is -0.134. The number of ketones is 1. The molecule has 0 bridgehead atoms. The molecule has 0 saturated carbocycles. The predicted octanol–water partition coefficient (Wildman–Crippen LogP) is 6.94. The van der Waals surface area contributed by atoms with Crippen LogP contribution in [-0.2, 0) is 11.2 Å². The maximum absolute atomic E-state index is 13.3. The van der Waals surface area contributed by atoms with E-state index in [1.807, 2.05) is 19.9 Å². The Balaban J connectivity index is 2.07. The Labute approximate surface area is 191 Å². The molecule has 158 valence electrons. The maximum atomic E-state index is 13.3. The molecule has 1 aromatic heterocycles. The van der Waals surface area contributed by atoms with E-state index < -0.39 is 5.97 Å². The second kappa shape index (κ2) is 9.79. The fourth-order valence-electron chi connectivity index (χ4n) is 3.22. The Morgan fingerprint density at radius 2 is 1.73 bits per heavy atom. The summed E-state index contributed by atoms with van der Waals surface area (Å²) in [6.07, 6.45) is 3.21. The highest BCUT2D eigenvalue weighted by Crippen LogP contribution is 2.38. The monoisotopic (exact) mass is 536 g/mol. The SMILES string of the molecule is CCCCC(=O)Oc1cc2oc(CCC)c(C(=O)c3cc(Br)cc(Br)c3)c2cc1O. The highest BCUT2D eigenvalue weighted by atomic mass is 79.9. The molecule has 3 rings (SSSR count). The highest BCUT2D eigenvalue weighted by molar-refractivity contribution is 9.11. The molecule has 0 aliphatic carbocycles. The topological polar surface area (TPSA) is 76.7 Å². The summed E-state index contributed by atoms with van der Waals surface area (Å²) >= 11 is 6.82. The summed E-state index contributed by atoms with van der Waals surface area (Å²) in [7, 11) is 0. The van der Waals surface area contributed by atoms with Gasteiger partial charge in [-0.2, -0.15) is 0 Å². The molecule has 0 aliphatic rings. The minimum absolute atomic E-state index is 0.0320. The van der Waals surface area contributed by atoms with Crippen LogP contribution in [-0.4, -0.2) is 16.9 Å². The van der Waals surface area contributed by atoms with Crippen LogP contribution < -0.4 is 4.74 Å². The van der Waals surface area contributed by atoms with Crippen LogP contribution in [0.4, 0.5) is 0 Å². The minimum Gasteiger partial charge on any atom is -0.504 e. The standard InChI is InChI=1S/C23H22Br2O5/c1-3-5-7-21(27)30-20-12-19-16(11-17(20)26)22(18(29-19)6-4-2)23(28)13-8-14(24)10-15(25)9-13/h8-12,26H,3-7H2,1-2H3. The third-order valence-corrected chi connectivity index (χ3v) is 5.55. The van der Waals surface area contributed by atoms with Gasteiger partial charge in [0.2, 0.25) is 0 Å². The molecule has 0 spiro atoms. The normalized spacial score (nSPS) is 11.1. The van der Waals surface area contributed by atoms with Gasteiger partial charge >= 0.3 is 5.97 Å². The molecule has 3 aromatic rings. The molecule has 1 heterocycles. The van der Waals surface area contributed by atoms with E-state index in [9.17, 15) is 14.7 Å². The van der Waals surface area contributed by atoms with Crippen molar-refractivity contribution < 1.29 is 23.8 Å². The molecule has 1 N–H and O–H groups in total. The van der Waals surface area contributed by atoms with Gasteiger partial charge in [-0.25, -0.2) is 0 Å². The molecule has 2 aromatic carbocycles. The van der Waals surface area contributed by atoms with E-state index >= 15 is 0 Å². The number of carbonyl (C=O) groups excluding carboxylic acids is 2. The Morgan fingerprint density at radius 1 is 1.03 bits per heavy atom. The third-order valence-electron chi connectivity index (χ3n) is 4.63. The van der Waals surface area contributed by atoms with Crippen molar-refractivity contribution in [3.63, 3.8) is 0 Å². The van der Waals surface area contributed by atoms with E-state index in [2.05, 4.69) is 31.9 Å². The van der Waals surface area contributed by atoms with E-state index in [-0.39, 0.29) is 23.7 Å². The quantitative estimate of drug-likeness (QED) is 0.191. The Hall–Kier alpha value is -2.12. The van der Waals surface area contributed by atoms with Crippen LogP contribution in [0.25, 0.3) is 11.0 Å². The van der Waals surface area contributed by atoms with Gasteiger partial charge in [-0.3, -0.25) is 9.59 Å². The van der Waals surface area contributed by atoms with Crippen molar-refractivity contribution in [1.29, 1.82) is 0 Å². The van der Waals surface area contributed by atoms with Crippen molar-refractivity contribution in [2.45, 2.75) is 46.0 Å². The van der Waals surface area contributed by atoms with E-state index in [0.29, 0.717) is 40.7 Å². The maximum Gasteiger partial charge on any atom is 0.311 e. The molecule has 7 heteroatoms. The molecule has 0 amide bonds. The van der Waals surface area contributed by atoms with Crippen molar-refractivity contribution >= 4 is 54.6 Å². The van der Waals surface area contributed by atoms with Gasteiger partial charge in [-0.15, -0.1) is 0 Å². The second-order valence-electron chi connectivity index (χ2n) is 7.03. The molecule has 0 atom stereocenters. The first-order valence-corrected chi connectivity index (χ1v) is 11.4. The summed E-state index contributed by atoms with van der Waals surface area (Å²) in [5.74, 6) is -0.249. The molecule has 0 unspecified atom stereocenters. The van der Waals surface area contributed by atoms with Gasteiger partial charge in [-0.05, 0) is 37.1 Å². The number of halogens is 2. The van der Waals surface area contributed by atoms with Gasteiger partial charge in [-0.1, -0.05) is 52.1 Å². The van der Waals surface area contributed by atoms with E-state index in [4.69, 9.17) is 9.15 Å². The van der Waals surface area contributed by atoms with E-state index in [0.717, 1.165) is 21.8 Å². The number of aromatic hydroxyl groups is 1. The molecular formula is C23H22Br2O5. The zero-order chi connectivity index (χ0) is 21.8. The number of ether oxygens (including phenoxy) is 1. The summed E-state index contributed by atoms with van der Waals surface area (Å²) in [5.41, 5.74) is 1.30. The summed E-state index contributed by atoms with van der Waals surface area (Å²) in [4.78, 5) is 25.3. The number of hydrogen-bond donors (Lipinski definition) is 1. The Bertz CT molecular complexity index is 1080. The first-order chi connectivity index (χ1) is 14.3. The van der Waals surface area contributed by atoms with Crippen LogP contribution in [0.5, 0.6) is 11.5 Å². The zero-order valence-corrected chi connectivity index (χ0v) is 19.9. The Kier molecular flexibility index (Phi) is 7.36. The molecule has 0 radical (unpaired) electrons. The van der Waals surface area contributed by atoms with E-state index in [1.165, 1.54) is 12.1 Å². The zero-order valence-electron chi connectivity index (χ0n) is 16.8. The van der Waals surface area contributed by atoms with Crippen molar-refractivity contribution in [1.82, 2.24) is 0 Å². The molecule has 5 nitrogen and oxygen atoms in total. The number of unbranched alkanes of at least 4 members (excludes halogenated alkanes) is 1. The molecule has 30 heavy (non-hydrogen) atoms. The number of esters is 1. The number of fused-ring (bicyclic) bond motifs is 1. The number of phenolic OH excluding ortho intramolecular Hbond substituents is 1. The number of furan rings is 1. The van der Waals surface area contributed by atoms with Crippen LogP contribution in [0.2, 0.25) is 0 Å². The number of benzene rings is 2. The number of aryl methyl sites for hydroxylation is 1. The Morgan fingerprint density at radius 3 is 2.37 bits per heavy atom. The third kappa shape index (κ3) is 4.95. The summed E-state index contributed by atoms with van der Waals surface area (Å²) < 4.78 is 12.8. The average Bonchev–Trinajstić information content (AvgIpc) is 3.02. The second-order valence-corrected chi connectivity index (χ2v) is 8.86. The lowest BCUT2D eigenvalue weighted by Gasteiger charge is -2.07. The largest absolute Gasteiger partial charge is 0.504 e. The number of hydrogen-bond acceptors (Lipinski definition) is 5. The van der Waals surface area contributed by atoms with Crippen molar-refractivity contribution in [3.05, 3.63) is 56.2 Å². The molecule has 0 fully saturated rings. The van der Waals surface area contributed by atoms with Crippen LogP contribution in [0.3, 0.4) is 0 Å². The summed E-state index contributed by atoms with van der Waals surface area (Å²) in [6, 6.07) is 8.24. The van der Waals surface area contributed by atoms with Crippen molar-refractivity contribution in [2.75, 3.05) is 0 Å². The van der Waals surface area contributed by atoms with Crippen LogP contribution in [0, 0.1) is 0 Å². The first-order valence-electron chi connectivity index (χ1n) is 9.83. The summed E-state index contributed by atoms with van der Waals surface area (Å²) in [6.45, 7) is 3.98. The van der Waals surface area contributed by atoms with E-state index in [1.54, 1.807) is 12.1 Å². The van der Waals surface area contributed by atoms with Gasteiger partial charge in [0, 0.05) is 38.8 Å². The minimum atomic E-state index is -0.415. The van der Waals surface area contributed by atoms with Gasteiger partial charge in [0.25, 0.3) is 0 Å². The van der Waals surface area contributed by atoms with Crippen molar-refractivity contribution in [3.8, 4) is 11.5 Å². The molecule has 0 aliphatic heterocycles. The highest BCUT2D eigenvalue weighted by Gasteiger charge is 2.24.